The van der Waals surface area contributed by atoms with Crippen LogP contribution >= 0.6 is 0 Å². The first-order valence-electron chi connectivity index (χ1n) is 8.67. The summed E-state index contributed by atoms with van der Waals surface area (Å²) in [4.78, 5) is 20.7. The number of aromatic nitrogens is 2. The lowest BCUT2D eigenvalue weighted by atomic mass is 10.1. The van der Waals surface area contributed by atoms with Gasteiger partial charge in [0.2, 0.25) is 5.95 Å². The summed E-state index contributed by atoms with van der Waals surface area (Å²) in [6.07, 6.45) is 12.4. The van der Waals surface area contributed by atoms with Crippen molar-refractivity contribution in [1.82, 2.24) is 15.3 Å². The molecule has 0 radical (unpaired) electrons. The molecular weight excluding hydrogens is 276 g/mol. The number of carbonyl (C=O) groups is 1. The highest BCUT2D eigenvalue weighted by Crippen LogP contribution is 2.19. The lowest BCUT2D eigenvalue weighted by Gasteiger charge is -2.16. The molecule has 0 spiro atoms. The first kappa shape index (κ1) is 16.7. The number of nitrogens with zero attached hydrogens (tertiary/aromatic N) is 2. The van der Waals surface area contributed by atoms with E-state index in [9.17, 15) is 4.79 Å². The van der Waals surface area contributed by atoms with Crippen molar-refractivity contribution in [1.29, 1.82) is 0 Å². The smallest absolute Gasteiger partial charge is 0.270 e. The predicted molar refractivity (Wildman–Crippen MR) is 89.0 cm³/mol. The Bertz CT molecular complexity index is 456. The molecule has 5 heteroatoms. The molecule has 122 valence electrons. The number of nitrogens with one attached hydrogen (secondary N) is 2. The molecule has 1 aliphatic carbocycles. The fraction of sp³-hybridized carbons (Fsp3) is 0.706. The first-order valence-corrected chi connectivity index (χ1v) is 8.67. The van der Waals surface area contributed by atoms with Crippen molar-refractivity contribution >= 4 is 11.9 Å². The van der Waals surface area contributed by atoms with E-state index in [2.05, 4.69) is 27.5 Å². The van der Waals surface area contributed by atoms with Crippen molar-refractivity contribution in [3.05, 3.63) is 18.0 Å². The van der Waals surface area contributed by atoms with Crippen molar-refractivity contribution in [3.8, 4) is 0 Å². The lowest BCUT2D eigenvalue weighted by molar-refractivity contribution is 0.0948. The Balaban J connectivity index is 1.87. The number of carbonyl (C=O) groups excluding carboxylic acids is 1. The fourth-order valence-corrected chi connectivity index (χ4v) is 2.83. The van der Waals surface area contributed by atoms with Gasteiger partial charge in [-0.15, -0.1) is 0 Å². The van der Waals surface area contributed by atoms with Crippen LogP contribution < -0.4 is 10.6 Å². The van der Waals surface area contributed by atoms with Crippen molar-refractivity contribution < 1.29 is 4.79 Å². The summed E-state index contributed by atoms with van der Waals surface area (Å²) in [6.45, 7) is 2.86. The van der Waals surface area contributed by atoms with E-state index in [1.165, 1.54) is 25.7 Å². The third kappa shape index (κ3) is 5.62. The van der Waals surface area contributed by atoms with Crippen LogP contribution in [0.1, 0.15) is 75.2 Å². The van der Waals surface area contributed by atoms with Crippen LogP contribution in [0, 0.1) is 0 Å². The molecule has 5 nitrogen and oxygen atoms in total. The minimum Gasteiger partial charge on any atom is -0.351 e. The zero-order chi connectivity index (χ0) is 15.6. The summed E-state index contributed by atoms with van der Waals surface area (Å²) in [6, 6.07) is 2.11. The van der Waals surface area contributed by atoms with Gasteiger partial charge < -0.3 is 10.6 Å². The summed E-state index contributed by atoms with van der Waals surface area (Å²) >= 11 is 0. The SMILES string of the molecule is CCCCCNC(=O)c1ccnc(NC2CCCCCC2)n1. The van der Waals surface area contributed by atoms with Gasteiger partial charge in [-0.2, -0.15) is 0 Å². The monoisotopic (exact) mass is 304 g/mol. The minimum absolute atomic E-state index is 0.109. The maximum Gasteiger partial charge on any atom is 0.270 e. The maximum absolute atomic E-state index is 12.1. The van der Waals surface area contributed by atoms with Gasteiger partial charge in [-0.3, -0.25) is 4.79 Å². The molecule has 0 saturated heterocycles. The molecule has 0 aliphatic heterocycles. The Morgan fingerprint density at radius 3 is 2.73 bits per heavy atom. The second kappa shape index (κ2) is 9.38. The third-order valence-corrected chi connectivity index (χ3v) is 4.14. The average Bonchev–Trinajstić information content (AvgIpc) is 2.80. The Morgan fingerprint density at radius 1 is 1.23 bits per heavy atom. The Morgan fingerprint density at radius 2 is 2.00 bits per heavy atom. The van der Waals surface area contributed by atoms with E-state index in [-0.39, 0.29) is 5.91 Å². The van der Waals surface area contributed by atoms with Crippen LogP contribution in [0.4, 0.5) is 5.95 Å². The summed E-state index contributed by atoms with van der Waals surface area (Å²) in [7, 11) is 0. The van der Waals surface area contributed by atoms with Gasteiger partial charge in [-0.05, 0) is 25.3 Å². The molecule has 2 rings (SSSR count). The Kier molecular flexibility index (Phi) is 7.13. The molecule has 1 aliphatic rings. The number of amides is 1. The van der Waals surface area contributed by atoms with E-state index in [0.717, 1.165) is 32.1 Å². The molecule has 0 bridgehead atoms. The molecule has 0 aromatic carbocycles. The van der Waals surface area contributed by atoms with E-state index in [0.29, 0.717) is 24.2 Å². The number of rotatable bonds is 7. The lowest BCUT2D eigenvalue weighted by Crippen LogP contribution is -2.26. The molecule has 1 saturated carbocycles. The highest BCUT2D eigenvalue weighted by atomic mass is 16.1. The minimum atomic E-state index is -0.109. The van der Waals surface area contributed by atoms with Gasteiger partial charge in [0.1, 0.15) is 5.69 Å². The molecule has 0 unspecified atom stereocenters. The van der Waals surface area contributed by atoms with Crippen LogP contribution in [-0.2, 0) is 0 Å². The van der Waals surface area contributed by atoms with Gasteiger partial charge in [0, 0.05) is 18.8 Å². The molecule has 0 atom stereocenters. The van der Waals surface area contributed by atoms with Crippen molar-refractivity contribution in [2.45, 2.75) is 70.8 Å². The van der Waals surface area contributed by atoms with Crippen LogP contribution in [0.15, 0.2) is 12.3 Å². The summed E-state index contributed by atoms with van der Waals surface area (Å²) in [5.74, 6) is 0.468. The quantitative estimate of drug-likeness (QED) is 0.597. The first-order chi connectivity index (χ1) is 10.8. The molecule has 1 aromatic heterocycles. The van der Waals surface area contributed by atoms with Gasteiger partial charge in [-0.1, -0.05) is 45.4 Å². The van der Waals surface area contributed by atoms with E-state index >= 15 is 0 Å². The highest BCUT2D eigenvalue weighted by Gasteiger charge is 2.14. The van der Waals surface area contributed by atoms with Crippen molar-refractivity contribution in [3.63, 3.8) is 0 Å². The standard InChI is InChI=1S/C17H28N4O/c1-2-3-8-12-18-16(22)15-11-13-19-17(21-15)20-14-9-6-4-5-7-10-14/h11,13-14H,2-10,12H2,1H3,(H,18,22)(H,19,20,21). The third-order valence-electron chi connectivity index (χ3n) is 4.14. The highest BCUT2D eigenvalue weighted by molar-refractivity contribution is 5.92. The molecular formula is C17H28N4O. The zero-order valence-corrected chi connectivity index (χ0v) is 13.6. The molecule has 2 N–H and O–H groups in total. The normalized spacial score (nSPS) is 16.0. The fourth-order valence-electron chi connectivity index (χ4n) is 2.83. The van der Waals surface area contributed by atoms with Gasteiger partial charge in [0.25, 0.3) is 5.91 Å². The van der Waals surface area contributed by atoms with E-state index in [1.807, 2.05) is 0 Å². The van der Waals surface area contributed by atoms with Gasteiger partial charge in [0.15, 0.2) is 0 Å². The average molecular weight is 304 g/mol. The van der Waals surface area contributed by atoms with E-state index in [4.69, 9.17) is 0 Å². The Hall–Kier alpha value is -1.65. The van der Waals surface area contributed by atoms with Gasteiger partial charge in [0.05, 0.1) is 0 Å². The van der Waals surface area contributed by atoms with Gasteiger partial charge in [-0.25, -0.2) is 9.97 Å². The predicted octanol–water partition coefficient (Wildman–Crippen LogP) is 3.53. The van der Waals surface area contributed by atoms with Crippen molar-refractivity contribution in [2.75, 3.05) is 11.9 Å². The molecule has 1 heterocycles. The summed E-state index contributed by atoms with van der Waals surface area (Å²) < 4.78 is 0. The summed E-state index contributed by atoms with van der Waals surface area (Å²) in [5.41, 5.74) is 0.447. The zero-order valence-electron chi connectivity index (χ0n) is 13.6. The van der Waals surface area contributed by atoms with Crippen LogP contribution in [0.5, 0.6) is 0 Å². The number of unbranched alkanes of at least 4 members (excludes halogenated alkanes) is 2. The molecule has 1 aromatic rings. The molecule has 22 heavy (non-hydrogen) atoms. The van der Waals surface area contributed by atoms with Crippen LogP contribution in [0.25, 0.3) is 0 Å². The number of hydrogen-bond donors (Lipinski definition) is 2. The molecule has 1 amide bonds. The van der Waals surface area contributed by atoms with Crippen molar-refractivity contribution in [2.24, 2.45) is 0 Å². The van der Waals surface area contributed by atoms with Gasteiger partial charge >= 0.3 is 0 Å². The number of anilines is 1. The second-order valence-corrected chi connectivity index (χ2v) is 6.06. The van der Waals surface area contributed by atoms with Crippen LogP contribution in [0.3, 0.4) is 0 Å². The second-order valence-electron chi connectivity index (χ2n) is 6.06. The topological polar surface area (TPSA) is 66.9 Å². The summed E-state index contributed by atoms with van der Waals surface area (Å²) in [5, 5.41) is 6.31. The Labute approximate surface area is 133 Å². The van der Waals surface area contributed by atoms with E-state index in [1.54, 1.807) is 12.3 Å². The number of hydrogen-bond acceptors (Lipinski definition) is 4. The van der Waals surface area contributed by atoms with E-state index < -0.39 is 0 Å². The van der Waals surface area contributed by atoms with Crippen LogP contribution in [-0.4, -0.2) is 28.5 Å². The maximum atomic E-state index is 12.1. The largest absolute Gasteiger partial charge is 0.351 e. The molecule has 1 fully saturated rings. The van der Waals surface area contributed by atoms with Crippen LogP contribution in [0.2, 0.25) is 0 Å².